The van der Waals surface area contributed by atoms with E-state index in [9.17, 15) is 9.59 Å². The summed E-state index contributed by atoms with van der Waals surface area (Å²) in [6.45, 7) is 0. The molecule has 0 spiro atoms. The molecule has 2 rings (SSSR count). The molecule has 7 heteroatoms. The Kier molecular flexibility index (Phi) is 7.03. The Morgan fingerprint density at radius 2 is 1.62 bits per heavy atom. The molecule has 0 bridgehead atoms. The van der Waals surface area contributed by atoms with Crippen LogP contribution in [0.2, 0.25) is 0 Å². The molecule has 1 atom stereocenters. The summed E-state index contributed by atoms with van der Waals surface area (Å²) in [6.07, 6.45) is 0.0249. The van der Waals surface area contributed by atoms with E-state index >= 15 is 0 Å². The van der Waals surface area contributed by atoms with E-state index in [-0.39, 0.29) is 12.3 Å². The molecule has 1 amide bonds. The highest BCUT2D eigenvalue weighted by molar-refractivity contribution is 9.10. The number of halogens is 1. The van der Waals surface area contributed by atoms with Crippen LogP contribution in [0.1, 0.15) is 28.4 Å². The number of hydrogen-bond acceptors (Lipinski definition) is 5. The summed E-state index contributed by atoms with van der Waals surface area (Å²) in [5, 5.41) is 2.87. The first-order valence-corrected chi connectivity index (χ1v) is 8.63. The van der Waals surface area contributed by atoms with E-state index in [2.05, 4.69) is 21.2 Å². The third-order valence-corrected chi connectivity index (χ3v) is 4.60. The lowest BCUT2D eigenvalue weighted by Gasteiger charge is -2.19. The summed E-state index contributed by atoms with van der Waals surface area (Å²) < 4.78 is 15.9. The van der Waals surface area contributed by atoms with Crippen molar-refractivity contribution in [2.75, 3.05) is 21.3 Å². The Morgan fingerprint density at radius 3 is 2.12 bits per heavy atom. The molecular formula is C19H20BrNO5. The van der Waals surface area contributed by atoms with Gasteiger partial charge >= 0.3 is 5.97 Å². The van der Waals surface area contributed by atoms with Crippen LogP contribution < -0.4 is 14.8 Å². The van der Waals surface area contributed by atoms with Crippen molar-refractivity contribution in [3.8, 4) is 11.5 Å². The van der Waals surface area contributed by atoms with Gasteiger partial charge in [-0.3, -0.25) is 9.59 Å². The Morgan fingerprint density at radius 1 is 1.04 bits per heavy atom. The summed E-state index contributed by atoms with van der Waals surface area (Å²) in [4.78, 5) is 24.5. The minimum atomic E-state index is -0.517. The van der Waals surface area contributed by atoms with Gasteiger partial charge in [-0.1, -0.05) is 30.3 Å². The monoisotopic (exact) mass is 421 g/mol. The lowest BCUT2D eigenvalue weighted by Crippen LogP contribution is -2.30. The van der Waals surface area contributed by atoms with Crippen molar-refractivity contribution in [3.63, 3.8) is 0 Å². The molecule has 2 aromatic rings. The lowest BCUT2D eigenvalue weighted by atomic mass is 10.0. The van der Waals surface area contributed by atoms with Gasteiger partial charge in [0.05, 0.1) is 33.8 Å². The Bertz CT molecular complexity index is 754. The summed E-state index contributed by atoms with van der Waals surface area (Å²) in [7, 11) is 4.33. The van der Waals surface area contributed by atoms with Crippen molar-refractivity contribution in [2.45, 2.75) is 12.5 Å². The molecule has 2 aromatic carbocycles. The number of rotatable bonds is 7. The fraction of sp³-hybridized carbons (Fsp3) is 0.263. The molecule has 0 aromatic heterocycles. The second-order valence-electron chi connectivity index (χ2n) is 5.41. The first-order valence-electron chi connectivity index (χ1n) is 7.84. The zero-order valence-electron chi connectivity index (χ0n) is 14.7. The largest absolute Gasteiger partial charge is 0.495 e. The molecule has 0 heterocycles. The molecular weight excluding hydrogens is 402 g/mol. The van der Waals surface area contributed by atoms with Gasteiger partial charge in [-0.25, -0.2) is 0 Å². The van der Waals surface area contributed by atoms with Crippen molar-refractivity contribution >= 4 is 27.8 Å². The van der Waals surface area contributed by atoms with Crippen LogP contribution in [0.5, 0.6) is 11.5 Å². The van der Waals surface area contributed by atoms with Crippen LogP contribution in [0.15, 0.2) is 46.9 Å². The molecule has 26 heavy (non-hydrogen) atoms. The van der Waals surface area contributed by atoms with Crippen LogP contribution in [0.4, 0.5) is 0 Å². The van der Waals surface area contributed by atoms with Gasteiger partial charge in [-0.05, 0) is 33.6 Å². The number of hydrogen-bond donors (Lipinski definition) is 1. The lowest BCUT2D eigenvalue weighted by molar-refractivity contribution is -0.141. The number of methoxy groups -OCH3 is 3. The number of nitrogens with one attached hydrogen (secondary N) is 1. The highest BCUT2D eigenvalue weighted by Gasteiger charge is 2.21. The fourth-order valence-electron chi connectivity index (χ4n) is 2.43. The van der Waals surface area contributed by atoms with Gasteiger partial charge in [0.25, 0.3) is 5.91 Å². The summed E-state index contributed by atoms with van der Waals surface area (Å²) >= 11 is 3.37. The molecule has 1 unspecified atom stereocenters. The average Bonchev–Trinajstić information content (AvgIpc) is 2.68. The topological polar surface area (TPSA) is 73.9 Å². The van der Waals surface area contributed by atoms with Crippen LogP contribution in [-0.4, -0.2) is 33.2 Å². The molecule has 6 nitrogen and oxygen atoms in total. The molecule has 138 valence electrons. The minimum Gasteiger partial charge on any atom is -0.495 e. The number of ether oxygens (including phenoxy) is 3. The number of benzene rings is 2. The Balaban J connectivity index is 2.30. The summed E-state index contributed by atoms with van der Waals surface area (Å²) in [5.74, 6) is 0.175. The van der Waals surface area contributed by atoms with E-state index in [0.29, 0.717) is 21.5 Å². The molecule has 0 aliphatic rings. The quantitative estimate of drug-likeness (QED) is 0.692. The predicted octanol–water partition coefficient (Wildman–Crippen LogP) is 3.50. The molecule has 0 aliphatic carbocycles. The summed E-state index contributed by atoms with van der Waals surface area (Å²) in [6, 6.07) is 11.9. The maximum atomic E-state index is 12.8. The van der Waals surface area contributed by atoms with Crippen LogP contribution in [-0.2, 0) is 9.53 Å². The first kappa shape index (κ1) is 19.8. The molecule has 0 fully saturated rings. The highest BCUT2D eigenvalue weighted by atomic mass is 79.9. The fourth-order valence-corrected chi connectivity index (χ4v) is 2.98. The van der Waals surface area contributed by atoms with Gasteiger partial charge in [0.15, 0.2) is 0 Å². The maximum Gasteiger partial charge on any atom is 0.307 e. The third-order valence-electron chi connectivity index (χ3n) is 3.81. The van der Waals surface area contributed by atoms with Crippen LogP contribution >= 0.6 is 15.9 Å². The second-order valence-corrected chi connectivity index (χ2v) is 6.20. The summed E-state index contributed by atoms with van der Waals surface area (Å²) in [5.41, 5.74) is 1.16. The van der Waals surface area contributed by atoms with Crippen LogP contribution in [0, 0.1) is 0 Å². The molecule has 0 radical (unpaired) electrons. The van der Waals surface area contributed by atoms with Crippen LogP contribution in [0.25, 0.3) is 0 Å². The van der Waals surface area contributed by atoms with Gasteiger partial charge < -0.3 is 19.5 Å². The van der Waals surface area contributed by atoms with Crippen molar-refractivity contribution < 1.29 is 23.8 Å². The van der Waals surface area contributed by atoms with E-state index in [4.69, 9.17) is 14.2 Å². The van der Waals surface area contributed by atoms with E-state index < -0.39 is 12.0 Å². The Hall–Kier alpha value is -2.54. The molecule has 0 saturated carbocycles. The van der Waals surface area contributed by atoms with E-state index in [0.717, 1.165) is 5.56 Å². The highest BCUT2D eigenvalue weighted by Crippen LogP contribution is 2.35. The Labute approximate surface area is 160 Å². The van der Waals surface area contributed by atoms with Gasteiger partial charge in [0.1, 0.15) is 16.0 Å². The van der Waals surface area contributed by atoms with Crippen molar-refractivity contribution in [2.24, 2.45) is 0 Å². The predicted molar refractivity (Wildman–Crippen MR) is 101 cm³/mol. The van der Waals surface area contributed by atoms with Crippen LogP contribution in [0.3, 0.4) is 0 Å². The SMILES string of the molecule is COC(=O)CC(NC(=O)c1cc(OC)c(Br)c(OC)c1)c1ccccc1. The number of carbonyl (C=O) groups excluding carboxylic acids is 2. The minimum absolute atomic E-state index is 0.0249. The van der Waals surface area contributed by atoms with E-state index in [1.165, 1.54) is 21.3 Å². The van der Waals surface area contributed by atoms with Gasteiger partial charge in [0, 0.05) is 5.56 Å². The zero-order valence-corrected chi connectivity index (χ0v) is 16.3. The van der Waals surface area contributed by atoms with Crippen molar-refractivity contribution in [3.05, 3.63) is 58.1 Å². The first-order chi connectivity index (χ1) is 12.5. The van der Waals surface area contributed by atoms with Crippen molar-refractivity contribution in [1.29, 1.82) is 0 Å². The number of esters is 1. The van der Waals surface area contributed by atoms with Gasteiger partial charge in [-0.2, -0.15) is 0 Å². The van der Waals surface area contributed by atoms with Gasteiger partial charge in [0.2, 0.25) is 0 Å². The number of amides is 1. The van der Waals surface area contributed by atoms with Crippen molar-refractivity contribution in [1.82, 2.24) is 5.32 Å². The number of carbonyl (C=O) groups is 2. The molecule has 1 N–H and O–H groups in total. The third kappa shape index (κ3) is 4.76. The second kappa shape index (κ2) is 9.24. The van der Waals surface area contributed by atoms with E-state index in [1.807, 2.05) is 30.3 Å². The van der Waals surface area contributed by atoms with Gasteiger partial charge in [-0.15, -0.1) is 0 Å². The average molecular weight is 422 g/mol. The standard InChI is InChI=1S/C19H20BrNO5/c1-24-15-9-13(10-16(25-2)18(15)20)19(23)21-14(11-17(22)26-3)12-7-5-4-6-8-12/h4-10,14H,11H2,1-3H3,(H,21,23). The zero-order chi connectivity index (χ0) is 19.1. The molecule has 0 saturated heterocycles. The molecule has 0 aliphatic heterocycles. The smallest absolute Gasteiger partial charge is 0.307 e. The maximum absolute atomic E-state index is 12.8. The van der Waals surface area contributed by atoms with E-state index in [1.54, 1.807) is 12.1 Å². The normalized spacial score (nSPS) is 11.4.